The molecule has 1 aliphatic rings. The van der Waals surface area contributed by atoms with E-state index in [4.69, 9.17) is 0 Å². The molecular weight excluding hydrogens is 264 g/mol. The van der Waals surface area contributed by atoms with Crippen molar-refractivity contribution >= 4 is 26.6 Å². The zero-order valence-electron chi connectivity index (χ0n) is 10.9. The fraction of sp³-hybridized carbons (Fsp3) is 0.500. The lowest BCUT2D eigenvalue weighted by molar-refractivity contribution is 0.593. The number of hydrogen-bond donors (Lipinski definition) is 1. The largest absolute Gasteiger partial charge is 0.380 e. The molecule has 0 spiro atoms. The second kappa shape index (κ2) is 4.19. The molecule has 0 unspecified atom stereocenters. The maximum absolute atomic E-state index is 11.6. The fourth-order valence-corrected chi connectivity index (χ4v) is 4.71. The Balaban J connectivity index is 1.94. The Morgan fingerprint density at radius 2 is 2.21 bits per heavy atom. The van der Waals surface area contributed by atoms with Gasteiger partial charge in [-0.25, -0.2) is 13.4 Å². The summed E-state index contributed by atoms with van der Waals surface area (Å²) in [5.41, 5.74) is 1.69. The molecule has 2 atom stereocenters. The van der Waals surface area contributed by atoms with Crippen molar-refractivity contribution in [2.24, 2.45) is 13.0 Å². The van der Waals surface area contributed by atoms with Gasteiger partial charge in [0, 0.05) is 25.0 Å². The summed E-state index contributed by atoms with van der Waals surface area (Å²) in [6.07, 6.45) is 3.46. The summed E-state index contributed by atoms with van der Waals surface area (Å²) in [5, 5.41) is 8.42. The zero-order valence-corrected chi connectivity index (χ0v) is 11.7. The van der Waals surface area contributed by atoms with Crippen LogP contribution in [0.4, 0.5) is 5.69 Å². The molecule has 102 valence electrons. The SMILES string of the molecule is C[C@H]1CS(=O)(=O)C[C@H]1Nc1ccnc2c1cnn2C. The number of nitrogens with zero attached hydrogens (tertiary/aromatic N) is 3. The van der Waals surface area contributed by atoms with E-state index in [0.717, 1.165) is 16.7 Å². The van der Waals surface area contributed by atoms with Crippen LogP contribution in [0.1, 0.15) is 6.92 Å². The molecule has 2 aromatic heterocycles. The number of aryl methyl sites for hydroxylation is 1. The third-order valence-corrected chi connectivity index (χ3v) is 5.51. The summed E-state index contributed by atoms with van der Waals surface area (Å²) in [6.45, 7) is 1.96. The third-order valence-electron chi connectivity index (χ3n) is 3.61. The molecule has 0 saturated carbocycles. The number of nitrogens with one attached hydrogen (secondary N) is 1. The topological polar surface area (TPSA) is 76.9 Å². The molecule has 1 aliphatic heterocycles. The van der Waals surface area contributed by atoms with E-state index in [2.05, 4.69) is 15.4 Å². The van der Waals surface area contributed by atoms with E-state index < -0.39 is 9.84 Å². The predicted octanol–water partition coefficient (Wildman–Crippen LogP) is 0.813. The van der Waals surface area contributed by atoms with Crippen molar-refractivity contribution in [3.63, 3.8) is 0 Å². The third kappa shape index (κ3) is 2.18. The first kappa shape index (κ1) is 12.4. The fourth-order valence-electron chi connectivity index (χ4n) is 2.58. The van der Waals surface area contributed by atoms with Gasteiger partial charge in [0.2, 0.25) is 0 Å². The van der Waals surface area contributed by atoms with Crippen molar-refractivity contribution in [2.45, 2.75) is 13.0 Å². The van der Waals surface area contributed by atoms with Gasteiger partial charge in [-0.3, -0.25) is 4.68 Å². The molecule has 0 aliphatic carbocycles. The van der Waals surface area contributed by atoms with Crippen molar-refractivity contribution in [2.75, 3.05) is 16.8 Å². The summed E-state index contributed by atoms with van der Waals surface area (Å²) in [7, 11) is -1.08. The molecule has 0 amide bonds. The molecule has 2 aromatic rings. The van der Waals surface area contributed by atoms with Gasteiger partial charge < -0.3 is 5.32 Å². The van der Waals surface area contributed by atoms with Crippen LogP contribution in [0.2, 0.25) is 0 Å². The average molecular weight is 280 g/mol. The highest BCUT2D eigenvalue weighted by Crippen LogP contribution is 2.26. The molecule has 1 saturated heterocycles. The van der Waals surface area contributed by atoms with Gasteiger partial charge in [0.25, 0.3) is 0 Å². The highest BCUT2D eigenvalue weighted by atomic mass is 32.2. The normalized spacial score (nSPS) is 25.8. The molecule has 19 heavy (non-hydrogen) atoms. The van der Waals surface area contributed by atoms with Gasteiger partial charge in [-0.2, -0.15) is 5.10 Å². The van der Waals surface area contributed by atoms with Crippen molar-refractivity contribution < 1.29 is 8.42 Å². The maximum atomic E-state index is 11.6. The van der Waals surface area contributed by atoms with Crippen LogP contribution in [-0.2, 0) is 16.9 Å². The highest BCUT2D eigenvalue weighted by molar-refractivity contribution is 7.91. The summed E-state index contributed by atoms with van der Waals surface area (Å²) in [5.74, 6) is 0.564. The molecule has 3 rings (SSSR count). The van der Waals surface area contributed by atoms with E-state index in [9.17, 15) is 8.42 Å². The minimum atomic E-state index is -2.91. The van der Waals surface area contributed by atoms with E-state index in [-0.39, 0.29) is 23.5 Å². The van der Waals surface area contributed by atoms with E-state index in [1.54, 1.807) is 17.1 Å². The van der Waals surface area contributed by atoms with Gasteiger partial charge in [-0.15, -0.1) is 0 Å². The number of anilines is 1. The lowest BCUT2D eigenvalue weighted by atomic mass is 10.1. The van der Waals surface area contributed by atoms with Gasteiger partial charge in [0.15, 0.2) is 15.5 Å². The number of hydrogen-bond acceptors (Lipinski definition) is 5. The van der Waals surface area contributed by atoms with Gasteiger partial charge >= 0.3 is 0 Å². The van der Waals surface area contributed by atoms with Crippen LogP contribution in [0.25, 0.3) is 11.0 Å². The van der Waals surface area contributed by atoms with Crippen molar-refractivity contribution in [3.05, 3.63) is 18.5 Å². The van der Waals surface area contributed by atoms with Crippen LogP contribution in [0.3, 0.4) is 0 Å². The lowest BCUT2D eigenvalue weighted by Crippen LogP contribution is -2.26. The molecule has 7 heteroatoms. The Labute approximate surface area is 111 Å². The maximum Gasteiger partial charge on any atom is 0.159 e. The first-order valence-electron chi connectivity index (χ1n) is 6.20. The average Bonchev–Trinajstić information content (AvgIpc) is 2.81. The van der Waals surface area contributed by atoms with E-state index in [1.165, 1.54) is 0 Å². The first-order chi connectivity index (χ1) is 8.96. The van der Waals surface area contributed by atoms with Crippen LogP contribution in [0.5, 0.6) is 0 Å². The lowest BCUT2D eigenvalue weighted by Gasteiger charge is -2.17. The van der Waals surface area contributed by atoms with Crippen LogP contribution in [-0.4, -0.2) is 40.7 Å². The Hall–Kier alpha value is -1.63. The number of pyridine rings is 1. The molecule has 1 N–H and O–H groups in total. The number of sulfone groups is 1. The second-order valence-corrected chi connectivity index (χ2v) is 7.32. The minimum Gasteiger partial charge on any atom is -0.380 e. The summed E-state index contributed by atoms with van der Waals surface area (Å²) < 4.78 is 25.0. The Bertz CT molecular complexity index is 722. The molecule has 3 heterocycles. The monoisotopic (exact) mass is 280 g/mol. The van der Waals surface area contributed by atoms with Crippen molar-refractivity contribution in [3.8, 4) is 0 Å². The molecule has 0 aromatic carbocycles. The highest BCUT2D eigenvalue weighted by Gasteiger charge is 2.34. The van der Waals surface area contributed by atoms with E-state index in [0.29, 0.717) is 0 Å². The number of fused-ring (bicyclic) bond motifs is 1. The van der Waals surface area contributed by atoms with Gasteiger partial charge in [0.1, 0.15) is 0 Å². The van der Waals surface area contributed by atoms with Gasteiger partial charge in [0.05, 0.1) is 23.1 Å². The second-order valence-electron chi connectivity index (χ2n) is 5.17. The zero-order chi connectivity index (χ0) is 13.6. The Morgan fingerprint density at radius 3 is 2.89 bits per heavy atom. The molecule has 1 fully saturated rings. The first-order valence-corrected chi connectivity index (χ1v) is 8.02. The minimum absolute atomic E-state index is 0.0455. The molecular formula is C12H16N4O2S. The molecule has 6 nitrogen and oxygen atoms in total. The summed E-state index contributed by atoms with van der Waals surface area (Å²) in [4.78, 5) is 4.27. The number of aromatic nitrogens is 3. The van der Waals surface area contributed by atoms with Crippen LogP contribution in [0, 0.1) is 5.92 Å². The summed E-state index contributed by atoms with van der Waals surface area (Å²) >= 11 is 0. The van der Waals surface area contributed by atoms with Crippen molar-refractivity contribution in [1.82, 2.24) is 14.8 Å². The smallest absolute Gasteiger partial charge is 0.159 e. The standard InChI is InChI=1S/C12H16N4O2S/c1-8-6-19(17,18)7-11(8)15-10-3-4-13-12-9(10)5-14-16(12)2/h3-5,8,11H,6-7H2,1-2H3,(H,13,15)/t8-,11+/m0/s1. The summed E-state index contributed by atoms with van der Waals surface area (Å²) in [6, 6.07) is 1.82. The van der Waals surface area contributed by atoms with Crippen LogP contribution >= 0.6 is 0 Å². The molecule has 0 bridgehead atoms. The Kier molecular flexibility index (Phi) is 2.74. The Morgan fingerprint density at radius 1 is 1.42 bits per heavy atom. The van der Waals surface area contributed by atoms with Crippen molar-refractivity contribution in [1.29, 1.82) is 0 Å². The number of rotatable bonds is 2. The van der Waals surface area contributed by atoms with Gasteiger partial charge in [-0.05, 0) is 12.0 Å². The van der Waals surface area contributed by atoms with Crippen LogP contribution in [0.15, 0.2) is 18.5 Å². The molecule has 0 radical (unpaired) electrons. The van der Waals surface area contributed by atoms with E-state index >= 15 is 0 Å². The predicted molar refractivity (Wildman–Crippen MR) is 73.7 cm³/mol. The quantitative estimate of drug-likeness (QED) is 0.881. The van der Waals surface area contributed by atoms with E-state index in [1.807, 2.05) is 20.0 Å². The van der Waals surface area contributed by atoms with Gasteiger partial charge in [-0.1, -0.05) is 6.92 Å². The van der Waals surface area contributed by atoms with Crippen LogP contribution < -0.4 is 5.32 Å².